The van der Waals surface area contributed by atoms with Crippen LogP contribution in [0.3, 0.4) is 0 Å². The number of hydrogen-bond acceptors (Lipinski definition) is 7. The highest BCUT2D eigenvalue weighted by atomic mass is 35.5. The lowest BCUT2D eigenvalue weighted by Crippen LogP contribution is -2.21. The Kier molecular flexibility index (Phi) is 8.59. The first-order valence-electron chi connectivity index (χ1n) is 12.8. The number of rotatable bonds is 8. The summed E-state index contributed by atoms with van der Waals surface area (Å²) in [6.45, 7) is -0.677. The van der Waals surface area contributed by atoms with Gasteiger partial charge in [-0.1, -0.05) is 35.9 Å². The molecule has 1 aromatic heterocycles. The number of aromatic nitrogens is 2. The number of anilines is 1. The number of nitrogens with zero attached hydrogens (tertiary/aromatic N) is 4. The number of alkyl halides is 3. The largest absolute Gasteiger partial charge is 0.476 e. The van der Waals surface area contributed by atoms with E-state index in [9.17, 15) is 37.3 Å². The molecule has 45 heavy (non-hydrogen) atoms. The van der Waals surface area contributed by atoms with Crippen LogP contribution in [0, 0.1) is 15.9 Å². The minimum atomic E-state index is -4.66. The first-order valence-corrected chi connectivity index (χ1v) is 13.2. The number of benzene rings is 4. The molecule has 10 nitrogen and oxygen atoms in total. The molecule has 15 heteroatoms. The Labute approximate surface area is 255 Å². The van der Waals surface area contributed by atoms with Gasteiger partial charge < -0.3 is 10.1 Å². The second-order valence-corrected chi connectivity index (χ2v) is 9.75. The highest BCUT2D eigenvalue weighted by Gasteiger charge is 2.31. The van der Waals surface area contributed by atoms with Crippen LogP contribution < -0.4 is 15.6 Å². The Bertz CT molecular complexity index is 2030. The lowest BCUT2D eigenvalue weighted by atomic mass is 10.1. The third kappa shape index (κ3) is 6.96. The van der Waals surface area contributed by atoms with Gasteiger partial charge in [0, 0.05) is 22.9 Å². The summed E-state index contributed by atoms with van der Waals surface area (Å²) >= 11 is 6.27. The van der Waals surface area contributed by atoms with Crippen molar-refractivity contribution in [2.24, 2.45) is 5.10 Å². The van der Waals surface area contributed by atoms with E-state index >= 15 is 0 Å². The third-order valence-corrected chi connectivity index (χ3v) is 6.52. The molecule has 0 radical (unpaired) electrons. The molecule has 5 aromatic rings. The summed E-state index contributed by atoms with van der Waals surface area (Å²) < 4.78 is 59.5. The number of carbonyl (C=O) groups excluding carboxylic acids is 1. The SMILES string of the molecule is O=C(COc1c(Cl)cc(C=Nn2c(-c3cccc(C(F)(F)F)c3)nc3ccccc3c2=O)cc1[N+](=O)[O-])Nc1ccc(F)cc1. The predicted molar refractivity (Wildman–Crippen MR) is 158 cm³/mol. The Balaban J connectivity index is 1.49. The summed E-state index contributed by atoms with van der Waals surface area (Å²) in [7, 11) is 0. The van der Waals surface area contributed by atoms with Gasteiger partial charge in [-0.05, 0) is 54.6 Å². The number of carbonyl (C=O) groups is 1. The number of ether oxygens (including phenoxy) is 1. The number of nitro groups is 1. The summed E-state index contributed by atoms with van der Waals surface area (Å²) in [5.74, 6) is -1.86. The number of hydrogen-bond donors (Lipinski definition) is 1. The molecule has 0 bridgehead atoms. The van der Waals surface area contributed by atoms with Gasteiger partial charge in [0.2, 0.25) is 5.75 Å². The monoisotopic (exact) mass is 639 g/mol. The fraction of sp³-hybridized carbons (Fsp3) is 0.0667. The number of nitro benzene ring substituents is 1. The summed E-state index contributed by atoms with van der Waals surface area (Å²) in [6, 6.07) is 17.5. The molecule has 0 aliphatic rings. The van der Waals surface area contributed by atoms with Gasteiger partial charge in [-0.3, -0.25) is 19.7 Å². The van der Waals surface area contributed by atoms with E-state index in [1.807, 2.05) is 0 Å². The van der Waals surface area contributed by atoms with Crippen molar-refractivity contribution in [2.75, 3.05) is 11.9 Å². The number of nitrogens with one attached hydrogen (secondary N) is 1. The van der Waals surface area contributed by atoms with E-state index in [0.29, 0.717) is 0 Å². The highest BCUT2D eigenvalue weighted by molar-refractivity contribution is 6.32. The number of halogens is 5. The lowest BCUT2D eigenvalue weighted by Gasteiger charge is -2.12. The lowest BCUT2D eigenvalue weighted by molar-refractivity contribution is -0.385. The molecular formula is C30H18ClF4N5O5. The van der Waals surface area contributed by atoms with E-state index in [2.05, 4.69) is 15.4 Å². The molecule has 5 rings (SSSR count). The van der Waals surface area contributed by atoms with Crippen molar-refractivity contribution >= 4 is 46.0 Å². The average Bonchev–Trinajstić information content (AvgIpc) is 3.00. The molecule has 0 atom stereocenters. The minimum absolute atomic E-state index is 0.0184. The van der Waals surface area contributed by atoms with Crippen molar-refractivity contribution < 1.29 is 32.0 Å². The average molecular weight is 640 g/mol. The Morgan fingerprint density at radius 3 is 2.51 bits per heavy atom. The fourth-order valence-electron chi connectivity index (χ4n) is 4.20. The Hall–Kier alpha value is -5.63. The Morgan fingerprint density at radius 2 is 1.80 bits per heavy atom. The van der Waals surface area contributed by atoms with Gasteiger partial charge in [0.05, 0.1) is 32.6 Å². The molecule has 1 amide bonds. The zero-order chi connectivity index (χ0) is 32.3. The normalized spacial score (nSPS) is 11.6. The maximum absolute atomic E-state index is 13.4. The zero-order valence-electron chi connectivity index (χ0n) is 22.6. The second kappa shape index (κ2) is 12.5. The van der Waals surface area contributed by atoms with E-state index in [1.165, 1.54) is 36.4 Å². The van der Waals surface area contributed by atoms with Gasteiger partial charge in [0.25, 0.3) is 11.5 Å². The predicted octanol–water partition coefficient (Wildman–Crippen LogP) is 6.68. The van der Waals surface area contributed by atoms with Crippen molar-refractivity contribution in [3.8, 4) is 17.1 Å². The van der Waals surface area contributed by atoms with E-state index < -0.39 is 52.0 Å². The van der Waals surface area contributed by atoms with Crippen molar-refractivity contribution in [3.05, 3.63) is 127 Å². The van der Waals surface area contributed by atoms with Gasteiger partial charge in [-0.25, -0.2) is 9.37 Å². The van der Waals surface area contributed by atoms with Crippen LogP contribution in [0.4, 0.5) is 28.9 Å². The van der Waals surface area contributed by atoms with Crippen LogP contribution in [-0.2, 0) is 11.0 Å². The topological polar surface area (TPSA) is 129 Å². The van der Waals surface area contributed by atoms with Gasteiger partial charge in [-0.15, -0.1) is 0 Å². The first kappa shape index (κ1) is 30.8. The third-order valence-electron chi connectivity index (χ3n) is 6.24. The van der Waals surface area contributed by atoms with Crippen molar-refractivity contribution in [1.29, 1.82) is 0 Å². The minimum Gasteiger partial charge on any atom is -0.476 e. The van der Waals surface area contributed by atoms with Crippen LogP contribution in [-0.4, -0.2) is 33.3 Å². The molecule has 0 aliphatic carbocycles. The molecule has 0 saturated carbocycles. The van der Waals surface area contributed by atoms with Crippen molar-refractivity contribution in [1.82, 2.24) is 9.66 Å². The van der Waals surface area contributed by atoms with Crippen molar-refractivity contribution in [3.63, 3.8) is 0 Å². The van der Waals surface area contributed by atoms with Gasteiger partial charge >= 0.3 is 11.9 Å². The number of fused-ring (bicyclic) bond motifs is 1. The molecule has 0 saturated heterocycles. The van der Waals surface area contributed by atoms with Gasteiger partial charge in [-0.2, -0.15) is 22.9 Å². The zero-order valence-corrected chi connectivity index (χ0v) is 23.3. The van der Waals surface area contributed by atoms with E-state index in [0.717, 1.165) is 47.3 Å². The van der Waals surface area contributed by atoms with Crippen LogP contribution in [0.25, 0.3) is 22.3 Å². The summed E-state index contributed by atoms with van der Waals surface area (Å²) in [4.78, 5) is 41.1. The Morgan fingerprint density at radius 1 is 1.07 bits per heavy atom. The van der Waals surface area contributed by atoms with Crippen LogP contribution in [0.1, 0.15) is 11.1 Å². The number of para-hydroxylation sites is 1. The van der Waals surface area contributed by atoms with Gasteiger partial charge in [0.15, 0.2) is 12.4 Å². The standard InChI is InChI=1S/C30H18ClF4N5O5/c31-23-12-17(13-25(40(43)44)27(23)45-16-26(41)37-21-10-8-20(32)9-11-21)15-36-39-28(18-4-3-5-19(14-18)30(33,34)35)38-24-7-2-1-6-22(24)29(39)42/h1-15H,16H2,(H,37,41). The molecule has 1 heterocycles. The quantitative estimate of drug-likeness (QED) is 0.0873. The van der Waals surface area contributed by atoms with Crippen LogP contribution in [0.5, 0.6) is 5.75 Å². The van der Waals surface area contributed by atoms with E-state index in [4.69, 9.17) is 16.3 Å². The second-order valence-electron chi connectivity index (χ2n) is 9.34. The van der Waals surface area contributed by atoms with Crippen LogP contribution in [0.15, 0.2) is 94.8 Å². The van der Waals surface area contributed by atoms with Crippen LogP contribution >= 0.6 is 11.6 Å². The first-order chi connectivity index (χ1) is 21.4. The smallest absolute Gasteiger partial charge is 0.416 e. The van der Waals surface area contributed by atoms with E-state index in [1.54, 1.807) is 12.1 Å². The molecule has 4 aromatic carbocycles. The van der Waals surface area contributed by atoms with E-state index in [-0.39, 0.29) is 38.6 Å². The summed E-state index contributed by atoms with van der Waals surface area (Å²) in [5.41, 5.74) is -1.88. The number of amides is 1. The summed E-state index contributed by atoms with van der Waals surface area (Å²) in [5, 5.41) is 18.3. The summed E-state index contributed by atoms with van der Waals surface area (Å²) in [6.07, 6.45) is -3.62. The molecule has 228 valence electrons. The molecular weight excluding hydrogens is 622 g/mol. The maximum atomic E-state index is 13.4. The van der Waals surface area contributed by atoms with Crippen LogP contribution in [0.2, 0.25) is 5.02 Å². The highest BCUT2D eigenvalue weighted by Crippen LogP contribution is 2.36. The maximum Gasteiger partial charge on any atom is 0.416 e. The molecule has 0 spiro atoms. The molecule has 0 aliphatic heterocycles. The molecule has 1 N–H and O–H groups in total. The van der Waals surface area contributed by atoms with Gasteiger partial charge in [0.1, 0.15) is 5.82 Å². The molecule has 0 fully saturated rings. The van der Waals surface area contributed by atoms with Crippen molar-refractivity contribution in [2.45, 2.75) is 6.18 Å². The molecule has 0 unspecified atom stereocenters. The fourth-order valence-corrected chi connectivity index (χ4v) is 4.47.